The lowest BCUT2D eigenvalue weighted by Crippen LogP contribution is -2.20. The Bertz CT molecular complexity index is 1010. The summed E-state index contributed by atoms with van der Waals surface area (Å²) in [5.74, 6) is 0.438. The number of hydrogen-bond donors (Lipinski definition) is 0. The molecule has 2 unspecified atom stereocenters. The van der Waals surface area contributed by atoms with Crippen LogP contribution in [-0.2, 0) is 6.42 Å². The van der Waals surface area contributed by atoms with Crippen LogP contribution in [0.5, 0.6) is 0 Å². The van der Waals surface area contributed by atoms with E-state index in [4.69, 9.17) is 4.99 Å². The van der Waals surface area contributed by atoms with E-state index in [1.807, 2.05) is 11.8 Å². The van der Waals surface area contributed by atoms with Gasteiger partial charge in [-0.05, 0) is 61.1 Å². The van der Waals surface area contributed by atoms with Gasteiger partial charge in [0.15, 0.2) is 0 Å². The molecule has 0 amide bonds. The SMILES string of the molecule is Cc1ccc2c(c1)C1=Nc3ccccc3SC(c3ccccc3)C1CCC2. The largest absolute Gasteiger partial charge is 0.251 e. The summed E-state index contributed by atoms with van der Waals surface area (Å²) in [6, 6.07) is 26.6. The van der Waals surface area contributed by atoms with Crippen LogP contribution in [0.3, 0.4) is 0 Å². The van der Waals surface area contributed by atoms with Gasteiger partial charge in [-0.25, -0.2) is 0 Å². The summed E-state index contributed by atoms with van der Waals surface area (Å²) in [6.45, 7) is 2.19. The molecule has 3 aromatic rings. The molecule has 1 heterocycles. The van der Waals surface area contributed by atoms with Crippen molar-refractivity contribution >= 4 is 23.2 Å². The number of aliphatic imine (C=N–C) groups is 1. The van der Waals surface area contributed by atoms with E-state index in [9.17, 15) is 0 Å². The highest BCUT2D eigenvalue weighted by Crippen LogP contribution is 2.50. The van der Waals surface area contributed by atoms with Crippen molar-refractivity contribution in [2.24, 2.45) is 10.9 Å². The van der Waals surface area contributed by atoms with Gasteiger partial charge in [0, 0.05) is 16.1 Å². The fraction of sp³-hybridized carbons (Fsp3) is 0.240. The number of fused-ring (bicyclic) bond motifs is 4. The van der Waals surface area contributed by atoms with E-state index >= 15 is 0 Å². The van der Waals surface area contributed by atoms with Gasteiger partial charge in [-0.3, -0.25) is 4.99 Å². The minimum absolute atomic E-state index is 0.403. The third-order valence-corrected chi connectivity index (χ3v) is 7.16. The van der Waals surface area contributed by atoms with Crippen molar-refractivity contribution in [2.45, 2.75) is 36.3 Å². The Labute approximate surface area is 165 Å². The number of nitrogens with zero attached hydrogens (tertiary/aromatic N) is 1. The van der Waals surface area contributed by atoms with E-state index in [1.165, 1.54) is 45.7 Å². The maximum absolute atomic E-state index is 5.28. The molecule has 0 saturated heterocycles. The second-order valence-electron chi connectivity index (χ2n) is 7.57. The number of rotatable bonds is 1. The lowest BCUT2D eigenvalue weighted by molar-refractivity contribution is 0.589. The van der Waals surface area contributed by atoms with Gasteiger partial charge in [-0.15, -0.1) is 11.8 Å². The van der Waals surface area contributed by atoms with Crippen LogP contribution in [0.15, 0.2) is 82.7 Å². The fourth-order valence-corrected chi connectivity index (χ4v) is 5.76. The molecular formula is C25H23NS. The molecule has 0 aromatic heterocycles. The molecule has 0 radical (unpaired) electrons. The molecule has 0 N–H and O–H groups in total. The molecule has 5 rings (SSSR count). The molecule has 2 aliphatic rings. The smallest absolute Gasteiger partial charge is 0.0769 e. The highest BCUT2D eigenvalue weighted by atomic mass is 32.2. The molecular weight excluding hydrogens is 346 g/mol. The fourth-order valence-electron chi connectivity index (χ4n) is 4.37. The van der Waals surface area contributed by atoms with Crippen LogP contribution in [0.25, 0.3) is 0 Å². The van der Waals surface area contributed by atoms with Crippen molar-refractivity contribution < 1.29 is 0 Å². The zero-order chi connectivity index (χ0) is 18.2. The highest BCUT2D eigenvalue weighted by molar-refractivity contribution is 7.99. The van der Waals surface area contributed by atoms with Crippen molar-refractivity contribution in [3.63, 3.8) is 0 Å². The summed E-state index contributed by atoms with van der Waals surface area (Å²) >= 11 is 1.99. The van der Waals surface area contributed by atoms with Gasteiger partial charge in [0.2, 0.25) is 0 Å². The van der Waals surface area contributed by atoms with Crippen molar-refractivity contribution in [3.8, 4) is 0 Å². The predicted molar refractivity (Wildman–Crippen MR) is 115 cm³/mol. The van der Waals surface area contributed by atoms with Gasteiger partial charge in [0.1, 0.15) is 0 Å². The summed E-state index contributed by atoms with van der Waals surface area (Å²) in [5, 5.41) is 0.403. The topological polar surface area (TPSA) is 12.4 Å². The average Bonchev–Trinajstić information content (AvgIpc) is 2.97. The minimum atomic E-state index is 0.403. The number of aryl methyl sites for hydroxylation is 2. The van der Waals surface area contributed by atoms with E-state index < -0.39 is 0 Å². The first kappa shape index (κ1) is 16.8. The summed E-state index contributed by atoms with van der Waals surface area (Å²) < 4.78 is 0. The number of benzene rings is 3. The van der Waals surface area contributed by atoms with Crippen molar-refractivity contribution in [1.29, 1.82) is 0 Å². The van der Waals surface area contributed by atoms with E-state index in [2.05, 4.69) is 79.7 Å². The van der Waals surface area contributed by atoms with E-state index in [0.717, 1.165) is 12.1 Å². The molecule has 2 heteroatoms. The molecule has 1 aliphatic heterocycles. The van der Waals surface area contributed by atoms with E-state index in [0.29, 0.717) is 11.2 Å². The Morgan fingerprint density at radius 2 is 1.74 bits per heavy atom. The number of hydrogen-bond acceptors (Lipinski definition) is 2. The Morgan fingerprint density at radius 1 is 0.926 bits per heavy atom. The maximum Gasteiger partial charge on any atom is 0.0769 e. The monoisotopic (exact) mass is 369 g/mol. The first-order valence-electron chi connectivity index (χ1n) is 9.79. The standard InChI is InChI=1S/C25H23NS/c1-17-14-15-18-10-7-11-20-24(21(18)16-17)26-22-12-5-6-13-23(22)27-25(20)19-8-3-2-4-9-19/h2-6,8-9,12-16,20,25H,7,10-11H2,1H3. The van der Waals surface area contributed by atoms with Crippen LogP contribution in [0.4, 0.5) is 5.69 Å². The van der Waals surface area contributed by atoms with Crippen LogP contribution in [0.2, 0.25) is 0 Å². The average molecular weight is 370 g/mol. The molecule has 27 heavy (non-hydrogen) atoms. The first-order chi connectivity index (χ1) is 13.3. The predicted octanol–water partition coefficient (Wildman–Crippen LogP) is 6.92. The molecule has 0 saturated carbocycles. The van der Waals surface area contributed by atoms with E-state index in [-0.39, 0.29) is 0 Å². The number of para-hydroxylation sites is 1. The lowest BCUT2D eigenvalue weighted by atomic mass is 9.87. The third kappa shape index (κ3) is 3.12. The molecule has 0 fully saturated rings. The lowest BCUT2D eigenvalue weighted by Gasteiger charge is -2.26. The van der Waals surface area contributed by atoms with Crippen LogP contribution in [0, 0.1) is 12.8 Å². The summed E-state index contributed by atoms with van der Waals surface area (Å²) in [4.78, 5) is 6.57. The molecule has 3 aromatic carbocycles. The molecule has 1 aliphatic carbocycles. The summed E-state index contributed by atoms with van der Waals surface area (Å²) in [7, 11) is 0. The normalized spacial score (nSPS) is 21.1. The second-order valence-corrected chi connectivity index (χ2v) is 8.76. The van der Waals surface area contributed by atoms with Crippen molar-refractivity contribution in [2.75, 3.05) is 0 Å². The maximum atomic E-state index is 5.28. The van der Waals surface area contributed by atoms with Crippen molar-refractivity contribution in [3.05, 3.63) is 95.1 Å². The first-order valence-corrected chi connectivity index (χ1v) is 10.7. The minimum Gasteiger partial charge on any atom is -0.251 e. The van der Waals surface area contributed by atoms with Gasteiger partial charge in [-0.1, -0.05) is 60.2 Å². The van der Waals surface area contributed by atoms with Crippen LogP contribution in [0.1, 0.15) is 40.3 Å². The van der Waals surface area contributed by atoms with Crippen LogP contribution in [-0.4, -0.2) is 5.71 Å². The zero-order valence-electron chi connectivity index (χ0n) is 15.6. The van der Waals surface area contributed by atoms with Gasteiger partial charge in [-0.2, -0.15) is 0 Å². The van der Waals surface area contributed by atoms with Gasteiger partial charge >= 0.3 is 0 Å². The Kier molecular flexibility index (Phi) is 4.37. The Morgan fingerprint density at radius 3 is 2.63 bits per heavy atom. The summed E-state index contributed by atoms with van der Waals surface area (Å²) in [6.07, 6.45) is 3.56. The Hall–Kier alpha value is -2.32. The zero-order valence-corrected chi connectivity index (χ0v) is 16.4. The molecule has 0 spiro atoms. The second kappa shape index (κ2) is 7.01. The summed E-state index contributed by atoms with van der Waals surface area (Å²) in [5.41, 5.74) is 7.97. The van der Waals surface area contributed by atoms with E-state index in [1.54, 1.807) is 0 Å². The molecule has 2 atom stereocenters. The third-order valence-electron chi connectivity index (χ3n) is 5.71. The number of thioether (sulfide) groups is 1. The van der Waals surface area contributed by atoms with Crippen LogP contribution < -0.4 is 0 Å². The quantitative estimate of drug-likeness (QED) is 0.454. The van der Waals surface area contributed by atoms with Crippen LogP contribution >= 0.6 is 11.8 Å². The molecule has 1 nitrogen and oxygen atoms in total. The highest BCUT2D eigenvalue weighted by Gasteiger charge is 2.34. The van der Waals surface area contributed by atoms with Gasteiger partial charge in [0.05, 0.1) is 11.4 Å². The Balaban J connectivity index is 1.74. The molecule has 134 valence electrons. The van der Waals surface area contributed by atoms with Gasteiger partial charge < -0.3 is 0 Å². The van der Waals surface area contributed by atoms with Crippen molar-refractivity contribution in [1.82, 2.24) is 0 Å². The van der Waals surface area contributed by atoms with Gasteiger partial charge in [0.25, 0.3) is 0 Å². The molecule has 0 bridgehead atoms.